The molecule has 0 atom stereocenters. The molecule has 37 heavy (non-hydrogen) atoms. The maximum atomic E-state index is 14.7. The highest BCUT2D eigenvalue weighted by Gasteiger charge is 2.25. The number of carbonyl (C=O) groups excluding carboxylic acids is 2. The smallest absolute Gasteiger partial charge is 0.410 e. The monoisotopic (exact) mass is 532 g/mol. The van der Waals surface area contributed by atoms with E-state index in [0.29, 0.717) is 5.56 Å². The van der Waals surface area contributed by atoms with Crippen molar-refractivity contribution in [2.75, 3.05) is 20.8 Å². The summed E-state index contributed by atoms with van der Waals surface area (Å²) in [5.41, 5.74) is -0.0775. The highest BCUT2D eigenvalue weighted by molar-refractivity contribution is 7.90. The third-order valence-electron chi connectivity index (χ3n) is 5.08. The van der Waals surface area contributed by atoms with Crippen LogP contribution < -0.4 is 4.74 Å². The van der Waals surface area contributed by atoms with Gasteiger partial charge in [-0.2, -0.15) is 0 Å². The Labute approximate surface area is 215 Å². The average Bonchev–Trinajstić information content (AvgIpc) is 3.26. The lowest BCUT2D eigenvalue weighted by atomic mass is 10.1. The molecule has 198 valence electrons. The number of hydrogen-bond donors (Lipinski definition) is 0. The summed E-state index contributed by atoms with van der Waals surface area (Å²) in [5.74, 6) is -0.913. The number of hydrogen-bond acceptors (Lipinski definition) is 7. The van der Waals surface area contributed by atoms with Crippen molar-refractivity contribution in [2.24, 2.45) is 0 Å². The van der Waals surface area contributed by atoms with Crippen LogP contribution in [0.15, 0.2) is 65.7 Å². The van der Waals surface area contributed by atoms with Crippen LogP contribution in [-0.2, 0) is 30.8 Å². The predicted octanol–water partition coefficient (Wildman–Crippen LogP) is 4.45. The Bertz CT molecular complexity index is 1380. The van der Waals surface area contributed by atoms with Crippen LogP contribution in [0.1, 0.15) is 26.3 Å². The minimum Gasteiger partial charge on any atom is -0.482 e. The minimum absolute atomic E-state index is 0.0270. The van der Waals surface area contributed by atoms with Crippen LogP contribution in [0.4, 0.5) is 9.18 Å². The van der Waals surface area contributed by atoms with Gasteiger partial charge >= 0.3 is 12.1 Å². The molecule has 0 fully saturated rings. The fraction of sp³-hybridized carbons (Fsp3) is 0.308. The van der Waals surface area contributed by atoms with Crippen molar-refractivity contribution >= 4 is 22.1 Å². The normalized spacial score (nSPS) is 11.6. The number of amides is 1. The van der Waals surface area contributed by atoms with Gasteiger partial charge in [-0.15, -0.1) is 0 Å². The summed E-state index contributed by atoms with van der Waals surface area (Å²) >= 11 is 0. The fourth-order valence-electron chi connectivity index (χ4n) is 3.35. The summed E-state index contributed by atoms with van der Waals surface area (Å²) < 4.78 is 58.1. The van der Waals surface area contributed by atoms with Crippen LogP contribution in [0.5, 0.6) is 5.75 Å². The standard InChI is InChI=1S/C26H29FN2O7S/c1-26(2,3)36-25(31)28(4)15-18-14-23(21-8-6-7-9-22(21)27)29(16-18)37(32,33)20-12-10-19(11-13-20)35-17-24(30)34-5/h6-14,16H,15,17H2,1-5H3. The Morgan fingerprint density at radius 3 is 2.30 bits per heavy atom. The van der Waals surface area contributed by atoms with Crippen molar-refractivity contribution in [3.05, 3.63) is 72.2 Å². The Hall–Kier alpha value is -3.86. The van der Waals surface area contributed by atoms with Gasteiger partial charge in [0.15, 0.2) is 6.61 Å². The Morgan fingerprint density at radius 2 is 1.70 bits per heavy atom. The summed E-state index contributed by atoms with van der Waals surface area (Å²) in [7, 11) is -1.43. The van der Waals surface area contributed by atoms with E-state index in [1.807, 2.05) is 0 Å². The summed E-state index contributed by atoms with van der Waals surface area (Å²) in [6.45, 7) is 4.92. The average molecular weight is 533 g/mol. The molecule has 0 saturated heterocycles. The van der Waals surface area contributed by atoms with E-state index in [1.165, 1.54) is 73.8 Å². The maximum absolute atomic E-state index is 14.7. The Morgan fingerprint density at radius 1 is 1.05 bits per heavy atom. The summed E-state index contributed by atoms with van der Waals surface area (Å²) in [4.78, 5) is 24.9. The lowest BCUT2D eigenvalue weighted by molar-refractivity contribution is -0.142. The minimum atomic E-state index is -4.18. The summed E-state index contributed by atoms with van der Waals surface area (Å²) in [5, 5.41) is 0. The number of aromatic nitrogens is 1. The van der Waals surface area contributed by atoms with Crippen molar-refractivity contribution in [3.63, 3.8) is 0 Å². The van der Waals surface area contributed by atoms with Crippen molar-refractivity contribution in [2.45, 2.75) is 37.8 Å². The second-order valence-corrected chi connectivity index (χ2v) is 11.0. The molecule has 0 unspecified atom stereocenters. The van der Waals surface area contributed by atoms with E-state index in [-0.39, 0.29) is 35.1 Å². The highest BCUT2D eigenvalue weighted by atomic mass is 32.2. The van der Waals surface area contributed by atoms with Gasteiger partial charge in [-0.3, -0.25) is 0 Å². The van der Waals surface area contributed by atoms with Gasteiger partial charge in [0.05, 0.1) is 24.2 Å². The van der Waals surface area contributed by atoms with E-state index in [1.54, 1.807) is 26.8 Å². The van der Waals surface area contributed by atoms with Crippen LogP contribution in [-0.4, -0.2) is 55.7 Å². The molecule has 0 saturated carbocycles. The number of ether oxygens (including phenoxy) is 3. The summed E-state index contributed by atoms with van der Waals surface area (Å²) in [6.07, 6.45) is 0.762. The molecule has 0 aliphatic carbocycles. The molecule has 9 nitrogen and oxygen atoms in total. The molecule has 0 N–H and O–H groups in total. The number of methoxy groups -OCH3 is 1. The summed E-state index contributed by atoms with van der Waals surface area (Å²) in [6, 6.07) is 12.8. The van der Waals surface area contributed by atoms with E-state index < -0.39 is 33.5 Å². The third-order valence-corrected chi connectivity index (χ3v) is 6.77. The van der Waals surface area contributed by atoms with Crippen LogP contribution in [0.25, 0.3) is 11.3 Å². The molecule has 0 spiro atoms. The zero-order valence-electron chi connectivity index (χ0n) is 21.2. The number of benzene rings is 2. The van der Waals surface area contributed by atoms with E-state index in [4.69, 9.17) is 9.47 Å². The van der Waals surface area contributed by atoms with Gasteiger partial charge in [0, 0.05) is 18.8 Å². The maximum Gasteiger partial charge on any atom is 0.410 e. The van der Waals surface area contributed by atoms with Gasteiger partial charge in [0.1, 0.15) is 17.2 Å². The molecule has 0 aliphatic rings. The molecule has 3 aromatic rings. The van der Waals surface area contributed by atoms with Gasteiger partial charge in [-0.1, -0.05) is 12.1 Å². The molecular formula is C26H29FN2O7S. The van der Waals surface area contributed by atoms with E-state index in [9.17, 15) is 22.4 Å². The van der Waals surface area contributed by atoms with Crippen LogP contribution in [0.2, 0.25) is 0 Å². The predicted molar refractivity (Wildman–Crippen MR) is 134 cm³/mol. The number of carbonyl (C=O) groups is 2. The molecule has 2 aromatic carbocycles. The molecule has 0 aliphatic heterocycles. The third kappa shape index (κ3) is 6.88. The topological polar surface area (TPSA) is 104 Å². The Balaban J connectivity index is 1.98. The molecule has 11 heteroatoms. The zero-order chi connectivity index (χ0) is 27.4. The van der Waals surface area contributed by atoms with Crippen molar-refractivity contribution < 1.29 is 36.6 Å². The lowest BCUT2D eigenvalue weighted by Crippen LogP contribution is -2.33. The molecule has 1 amide bonds. The van der Waals surface area contributed by atoms with E-state index >= 15 is 0 Å². The zero-order valence-corrected chi connectivity index (χ0v) is 22.0. The van der Waals surface area contributed by atoms with E-state index in [0.717, 1.165) is 3.97 Å². The van der Waals surface area contributed by atoms with Gasteiger partial charge in [-0.05, 0) is 68.8 Å². The van der Waals surface area contributed by atoms with Gasteiger partial charge < -0.3 is 19.1 Å². The SMILES string of the molecule is COC(=O)COc1ccc(S(=O)(=O)n2cc(CN(C)C(=O)OC(C)(C)C)cc2-c2ccccc2F)cc1. The molecular weight excluding hydrogens is 503 g/mol. The van der Waals surface area contributed by atoms with Crippen molar-refractivity contribution in [1.82, 2.24) is 8.87 Å². The quantitative estimate of drug-likeness (QED) is 0.395. The molecule has 3 rings (SSSR count). The molecule has 0 radical (unpaired) electrons. The molecule has 1 heterocycles. The number of esters is 1. The van der Waals surface area contributed by atoms with Crippen molar-refractivity contribution in [1.29, 1.82) is 0 Å². The van der Waals surface area contributed by atoms with Gasteiger partial charge in [0.25, 0.3) is 10.0 Å². The number of rotatable bonds is 8. The van der Waals surface area contributed by atoms with Crippen LogP contribution in [0, 0.1) is 5.82 Å². The molecule has 1 aromatic heterocycles. The van der Waals surface area contributed by atoms with Gasteiger partial charge in [0.2, 0.25) is 0 Å². The first kappa shape index (κ1) is 27.7. The number of halogens is 1. The fourth-order valence-corrected chi connectivity index (χ4v) is 4.74. The highest BCUT2D eigenvalue weighted by Crippen LogP contribution is 2.30. The van der Waals surface area contributed by atoms with Crippen LogP contribution >= 0.6 is 0 Å². The Kier molecular flexibility index (Phi) is 8.27. The number of nitrogens with zero attached hydrogens (tertiary/aromatic N) is 2. The first-order chi connectivity index (χ1) is 17.3. The van der Waals surface area contributed by atoms with Gasteiger partial charge in [-0.25, -0.2) is 26.4 Å². The first-order valence-corrected chi connectivity index (χ1v) is 12.7. The lowest BCUT2D eigenvalue weighted by Gasteiger charge is -2.24. The largest absolute Gasteiger partial charge is 0.482 e. The van der Waals surface area contributed by atoms with Crippen LogP contribution in [0.3, 0.4) is 0 Å². The van der Waals surface area contributed by atoms with E-state index in [2.05, 4.69) is 4.74 Å². The second kappa shape index (κ2) is 11.0. The molecule has 0 bridgehead atoms. The van der Waals surface area contributed by atoms with Crippen molar-refractivity contribution in [3.8, 4) is 17.0 Å². The second-order valence-electron chi connectivity index (χ2n) is 9.19. The first-order valence-electron chi connectivity index (χ1n) is 11.3.